The molecule has 0 fully saturated rings. The van der Waals surface area contributed by atoms with E-state index in [1.807, 2.05) is 17.5 Å². The monoisotopic (exact) mass is 249 g/mol. The van der Waals surface area contributed by atoms with Gasteiger partial charge in [-0.1, -0.05) is 11.2 Å². The van der Waals surface area contributed by atoms with Gasteiger partial charge in [-0.05, 0) is 27.9 Å². The van der Waals surface area contributed by atoms with Gasteiger partial charge in [0.05, 0.1) is 0 Å². The van der Waals surface area contributed by atoms with Crippen molar-refractivity contribution in [2.75, 3.05) is 5.32 Å². The lowest BCUT2D eigenvalue weighted by Crippen LogP contribution is -2.23. The van der Waals surface area contributed by atoms with Gasteiger partial charge in [-0.15, -0.1) is 11.3 Å². The molecule has 0 saturated carbocycles. The van der Waals surface area contributed by atoms with Crippen LogP contribution in [0.1, 0.15) is 10.9 Å². The molecule has 86 valence electrons. The van der Waals surface area contributed by atoms with Gasteiger partial charge in [0.15, 0.2) is 0 Å². The predicted molar refractivity (Wildman–Crippen MR) is 59.6 cm³/mol. The lowest BCUT2D eigenvalue weighted by atomic mass is 10.2. The molecular formula is C9H7N5O2S. The van der Waals surface area contributed by atoms with E-state index >= 15 is 0 Å². The van der Waals surface area contributed by atoms with Crippen LogP contribution in [0.2, 0.25) is 0 Å². The van der Waals surface area contributed by atoms with Crippen molar-refractivity contribution in [2.45, 2.75) is 6.04 Å². The molecule has 3 rings (SSSR count). The van der Waals surface area contributed by atoms with Crippen molar-refractivity contribution >= 4 is 23.3 Å². The number of anilines is 1. The first-order valence-electron chi connectivity index (χ1n) is 4.79. The number of thiophene rings is 1. The Labute approximate surface area is 99.4 Å². The maximum absolute atomic E-state index is 11.0. The summed E-state index contributed by atoms with van der Waals surface area (Å²) in [5.74, 6) is -0.691. The fourth-order valence-electron chi connectivity index (χ4n) is 1.64. The van der Waals surface area contributed by atoms with Gasteiger partial charge in [-0.3, -0.25) is 0 Å². The summed E-state index contributed by atoms with van der Waals surface area (Å²) in [6.45, 7) is 0. The highest BCUT2D eigenvalue weighted by molar-refractivity contribution is 7.10. The molecule has 2 N–H and O–H groups in total. The van der Waals surface area contributed by atoms with Gasteiger partial charge in [-0.25, -0.2) is 4.79 Å². The largest absolute Gasteiger partial charge is 0.477 e. The number of hydrogen-bond donors (Lipinski definition) is 2. The van der Waals surface area contributed by atoms with Crippen LogP contribution >= 0.6 is 11.3 Å². The highest BCUT2D eigenvalue weighted by Gasteiger charge is 2.26. The summed E-state index contributed by atoms with van der Waals surface area (Å²) in [4.78, 5) is 12.0. The Balaban J connectivity index is 2.10. The molecule has 0 bridgehead atoms. The van der Waals surface area contributed by atoms with Gasteiger partial charge >= 0.3 is 5.97 Å². The summed E-state index contributed by atoms with van der Waals surface area (Å²) in [5, 5.41) is 24.7. The molecule has 1 atom stereocenters. The number of hydrogen-bond acceptors (Lipinski definition) is 6. The number of aromatic nitrogens is 4. The summed E-state index contributed by atoms with van der Waals surface area (Å²) < 4.78 is 1.55. The van der Waals surface area contributed by atoms with Crippen LogP contribution in [0.4, 0.5) is 5.95 Å². The number of allylic oxidation sites excluding steroid dienone is 1. The first kappa shape index (κ1) is 9.97. The molecule has 2 aromatic heterocycles. The smallest absolute Gasteiger partial charge is 0.352 e. The highest BCUT2D eigenvalue weighted by Crippen LogP contribution is 2.30. The van der Waals surface area contributed by atoms with E-state index in [9.17, 15) is 4.79 Å². The summed E-state index contributed by atoms with van der Waals surface area (Å²) in [6, 6.07) is 3.55. The minimum atomic E-state index is -1.03. The highest BCUT2D eigenvalue weighted by atomic mass is 32.1. The van der Waals surface area contributed by atoms with Gasteiger partial charge in [0, 0.05) is 4.88 Å². The van der Waals surface area contributed by atoms with Crippen LogP contribution in [0.3, 0.4) is 0 Å². The zero-order valence-electron chi connectivity index (χ0n) is 8.44. The van der Waals surface area contributed by atoms with Crippen molar-refractivity contribution in [3.05, 3.63) is 34.2 Å². The molecule has 2 aromatic rings. The minimum Gasteiger partial charge on any atom is -0.477 e. The topological polar surface area (TPSA) is 92.9 Å². The van der Waals surface area contributed by atoms with Crippen LogP contribution in [-0.4, -0.2) is 31.3 Å². The maximum atomic E-state index is 11.0. The summed E-state index contributed by atoms with van der Waals surface area (Å²) in [6.07, 6.45) is 1.59. The SMILES string of the molecule is O=C(O)C1=C[C@H](c2cccs2)n2nnnc2N1. The molecule has 0 aliphatic carbocycles. The minimum absolute atomic E-state index is 0.0886. The van der Waals surface area contributed by atoms with Gasteiger partial charge in [0.2, 0.25) is 5.95 Å². The number of nitrogens with zero attached hydrogens (tertiary/aromatic N) is 4. The molecule has 17 heavy (non-hydrogen) atoms. The van der Waals surface area contributed by atoms with Crippen LogP contribution in [0.25, 0.3) is 0 Å². The molecule has 7 nitrogen and oxygen atoms in total. The van der Waals surface area contributed by atoms with E-state index in [4.69, 9.17) is 5.11 Å². The second-order valence-electron chi connectivity index (χ2n) is 3.42. The van der Waals surface area contributed by atoms with Gasteiger partial charge in [-0.2, -0.15) is 4.68 Å². The predicted octanol–water partition coefficient (Wildman–Crippen LogP) is 0.718. The Morgan fingerprint density at radius 2 is 2.47 bits per heavy atom. The van der Waals surface area contributed by atoms with Crippen molar-refractivity contribution in [3.8, 4) is 0 Å². The number of tetrazole rings is 1. The normalized spacial score (nSPS) is 18.1. The van der Waals surface area contributed by atoms with Crippen molar-refractivity contribution < 1.29 is 9.90 Å². The fourth-order valence-corrected chi connectivity index (χ4v) is 2.42. The average molecular weight is 249 g/mol. The third-order valence-corrected chi connectivity index (χ3v) is 3.34. The first-order chi connectivity index (χ1) is 8.25. The molecule has 8 heteroatoms. The summed E-state index contributed by atoms with van der Waals surface area (Å²) >= 11 is 1.53. The van der Waals surface area contributed by atoms with E-state index in [-0.39, 0.29) is 11.7 Å². The molecule has 1 aliphatic heterocycles. The second-order valence-corrected chi connectivity index (χ2v) is 4.40. The van der Waals surface area contributed by atoms with E-state index in [1.165, 1.54) is 11.3 Å². The van der Waals surface area contributed by atoms with Crippen molar-refractivity contribution in [1.29, 1.82) is 0 Å². The fraction of sp³-hybridized carbons (Fsp3) is 0.111. The van der Waals surface area contributed by atoms with E-state index in [2.05, 4.69) is 20.8 Å². The molecule has 0 amide bonds. The quantitative estimate of drug-likeness (QED) is 0.814. The van der Waals surface area contributed by atoms with E-state index in [0.717, 1.165) is 4.88 Å². The van der Waals surface area contributed by atoms with Crippen LogP contribution in [0.15, 0.2) is 29.3 Å². The van der Waals surface area contributed by atoms with Crippen molar-refractivity contribution in [3.63, 3.8) is 0 Å². The Kier molecular flexibility index (Phi) is 2.15. The van der Waals surface area contributed by atoms with Gasteiger partial charge in [0.1, 0.15) is 11.7 Å². The number of carboxylic acids is 1. The van der Waals surface area contributed by atoms with Crippen LogP contribution < -0.4 is 5.32 Å². The third-order valence-electron chi connectivity index (χ3n) is 2.39. The zero-order chi connectivity index (χ0) is 11.8. The maximum Gasteiger partial charge on any atom is 0.352 e. The summed E-state index contributed by atoms with van der Waals surface area (Å²) in [5.41, 5.74) is 0.0886. The van der Waals surface area contributed by atoms with Gasteiger partial charge < -0.3 is 10.4 Å². The Hall–Kier alpha value is -2.22. The van der Waals surface area contributed by atoms with E-state index in [1.54, 1.807) is 10.8 Å². The standard InChI is InChI=1S/C9H7N5O2S/c15-8(16)5-4-6(7-2-1-3-17-7)14-9(10-5)11-12-13-14/h1-4,6H,(H,15,16)(H,10,11,13)/t6-/m1/s1. The molecule has 0 spiro atoms. The number of fused-ring (bicyclic) bond motifs is 1. The third kappa shape index (κ3) is 1.58. The van der Waals surface area contributed by atoms with Crippen LogP contribution in [-0.2, 0) is 4.79 Å². The Morgan fingerprint density at radius 3 is 3.18 bits per heavy atom. The lowest BCUT2D eigenvalue weighted by molar-refractivity contribution is -0.132. The Morgan fingerprint density at radius 1 is 1.59 bits per heavy atom. The van der Waals surface area contributed by atoms with Crippen molar-refractivity contribution in [2.24, 2.45) is 0 Å². The molecule has 0 aromatic carbocycles. The average Bonchev–Trinajstić information content (AvgIpc) is 2.98. The second kappa shape index (κ2) is 3.67. The molecule has 0 radical (unpaired) electrons. The number of rotatable bonds is 2. The van der Waals surface area contributed by atoms with E-state index in [0.29, 0.717) is 5.95 Å². The summed E-state index contributed by atoms with van der Waals surface area (Å²) in [7, 11) is 0. The zero-order valence-corrected chi connectivity index (χ0v) is 9.26. The number of nitrogens with one attached hydrogen (secondary N) is 1. The van der Waals surface area contributed by atoms with Gasteiger partial charge in [0.25, 0.3) is 0 Å². The molecule has 0 unspecified atom stereocenters. The number of aliphatic carboxylic acids is 1. The molecule has 3 heterocycles. The molecular weight excluding hydrogens is 242 g/mol. The van der Waals surface area contributed by atoms with Crippen LogP contribution in [0.5, 0.6) is 0 Å². The van der Waals surface area contributed by atoms with Crippen LogP contribution in [0, 0.1) is 0 Å². The van der Waals surface area contributed by atoms with E-state index < -0.39 is 5.97 Å². The first-order valence-corrected chi connectivity index (χ1v) is 5.67. The molecule has 1 aliphatic rings. The number of carboxylic acid groups (broad SMARTS) is 1. The number of carbonyl (C=O) groups is 1. The Bertz CT molecular complexity index is 588. The van der Waals surface area contributed by atoms with Crippen molar-refractivity contribution in [1.82, 2.24) is 20.2 Å². The molecule has 0 saturated heterocycles. The lowest BCUT2D eigenvalue weighted by Gasteiger charge is -2.19.